The molecule has 1 atom stereocenters. The predicted molar refractivity (Wildman–Crippen MR) is 115 cm³/mol. The number of carbonyl (C=O) groups is 1. The fraction of sp³-hybridized carbons (Fsp3) is 0.409. The summed E-state index contributed by atoms with van der Waals surface area (Å²) in [6, 6.07) is 13.3. The molecule has 0 radical (unpaired) electrons. The first kappa shape index (κ1) is 19.6. The van der Waals surface area contributed by atoms with Crippen molar-refractivity contribution in [1.29, 1.82) is 0 Å². The van der Waals surface area contributed by atoms with Crippen LogP contribution in [0, 0.1) is 5.92 Å². The van der Waals surface area contributed by atoms with Crippen LogP contribution in [0.2, 0.25) is 10.0 Å². The quantitative estimate of drug-likeness (QED) is 0.693. The number of hydrogen-bond acceptors (Lipinski definition) is 3. The van der Waals surface area contributed by atoms with Gasteiger partial charge >= 0.3 is 0 Å². The summed E-state index contributed by atoms with van der Waals surface area (Å²) in [6.07, 6.45) is 4.58. The van der Waals surface area contributed by atoms with Gasteiger partial charge in [0.15, 0.2) is 0 Å². The number of carbonyl (C=O) groups excluding carboxylic acids is 1. The molecule has 2 bridgehead atoms. The number of nitrogens with zero attached hydrogens (tertiary/aromatic N) is 1. The van der Waals surface area contributed by atoms with E-state index in [1.807, 2.05) is 18.2 Å². The fourth-order valence-electron chi connectivity index (χ4n) is 4.92. The first-order valence-electron chi connectivity index (χ1n) is 9.72. The Balaban J connectivity index is 1.70. The van der Waals surface area contributed by atoms with Crippen molar-refractivity contribution in [3.8, 4) is 0 Å². The number of hydrogen-bond donors (Lipinski definition) is 2. The van der Waals surface area contributed by atoms with Crippen LogP contribution in [-0.2, 0) is 0 Å². The van der Waals surface area contributed by atoms with E-state index in [4.69, 9.17) is 28.9 Å². The van der Waals surface area contributed by atoms with Crippen LogP contribution in [0.3, 0.4) is 0 Å². The standard InChI is InChI=1S/C22H25Cl2N3O/c1-27-13-14-7-9-22(27,10-8-14)20(15-5-3-2-4-6-15)26-21(28)16-11-17(23)19(25)18(24)12-16/h2-6,11-12,14,20H,7-10,13,25H2,1H3,(H,26,28). The van der Waals surface area contributed by atoms with Crippen molar-refractivity contribution < 1.29 is 4.79 Å². The van der Waals surface area contributed by atoms with E-state index < -0.39 is 0 Å². The highest BCUT2D eigenvalue weighted by Crippen LogP contribution is 2.49. The van der Waals surface area contributed by atoms with Gasteiger partial charge in [-0.15, -0.1) is 0 Å². The van der Waals surface area contributed by atoms with Crippen LogP contribution in [0.25, 0.3) is 0 Å². The molecule has 2 heterocycles. The van der Waals surface area contributed by atoms with E-state index >= 15 is 0 Å². The van der Waals surface area contributed by atoms with Crippen molar-refractivity contribution in [2.75, 3.05) is 19.3 Å². The van der Waals surface area contributed by atoms with Gasteiger partial charge in [-0.2, -0.15) is 0 Å². The summed E-state index contributed by atoms with van der Waals surface area (Å²) in [6.45, 7) is 1.08. The third-order valence-electron chi connectivity index (χ3n) is 6.55. The highest BCUT2D eigenvalue weighted by Gasteiger charge is 2.50. The van der Waals surface area contributed by atoms with Crippen LogP contribution >= 0.6 is 23.2 Å². The minimum absolute atomic E-state index is 0.0762. The molecule has 2 aromatic carbocycles. The number of halogens is 2. The van der Waals surface area contributed by atoms with Gasteiger partial charge in [0.2, 0.25) is 0 Å². The van der Waals surface area contributed by atoms with Crippen molar-refractivity contribution in [2.24, 2.45) is 5.92 Å². The Morgan fingerprint density at radius 1 is 1.18 bits per heavy atom. The number of nitrogen functional groups attached to an aromatic ring is 1. The molecule has 148 valence electrons. The maximum absolute atomic E-state index is 13.2. The number of likely N-dealkylation sites (N-methyl/N-ethyl adjacent to an activating group) is 1. The molecular formula is C22H25Cl2N3O. The zero-order valence-electron chi connectivity index (χ0n) is 15.9. The lowest BCUT2D eigenvalue weighted by atomic mass is 9.66. The molecule has 0 spiro atoms. The number of nitrogens with two attached hydrogens (primary N) is 1. The Bertz CT molecular complexity index is 856. The van der Waals surface area contributed by atoms with Gasteiger partial charge in [-0.3, -0.25) is 9.69 Å². The van der Waals surface area contributed by atoms with Crippen molar-refractivity contribution >= 4 is 34.8 Å². The number of nitrogens with one attached hydrogen (secondary N) is 1. The highest BCUT2D eigenvalue weighted by molar-refractivity contribution is 6.39. The number of benzene rings is 2. The lowest BCUT2D eigenvalue weighted by Crippen LogP contribution is -2.62. The normalized spacial score (nSPS) is 25.5. The minimum Gasteiger partial charge on any atom is -0.396 e. The largest absolute Gasteiger partial charge is 0.396 e. The summed E-state index contributed by atoms with van der Waals surface area (Å²) in [4.78, 5) is 15.6. The first-order chi connectivity index (χ1) is 13.4. The van der Waals surface area contributed by atoms with Crippen LogP contribution < -0.4 is 11.1 Å². The van der Waals surface area contributed by atoms with Crippen LogP contribution in [0.1, 0.15) is 47.6 Å². The number of piperidine rings is 2. The van der Waals surface area contributed by atoms with E-state index in [0.29, 0.717) is 21.3 Å². The summed E-state index contributed by atoms with van der Waals surface area (Å²) in [5.74, 6) is 0.585. The van der Waals surface area contributed by atoms with Crippen LogP contribution in [0.15, 0.2) is 42.5 Å². The summed E-state index contributed by atoms with van der Waals surface area (Å²) in [7, 11) is 2.18. The molecule has 3 aliphatic rings. The van der Waals surface area contributed by atoms with Gasteiger partial charge in [-0.1, -0.05) is 53.5 Å². The molecular weight excluding hydrogens is 393 g/mol. The Kier molecular flexibility index (Phi) is 5.30. The van der Waals surface area contributed by atoms with Gasteiger partial charge in [-0.05, 0) is 56.3 Å². The predicted octanol–water partition coefficient (Wildman–Crippen LogP) is 4.92. The number of rotatable bonds is 4. The Morgan fingerprint density at radius 2 is 1.79 bits per heavy atom. The summed E-state index contributed by atoms with van der Waals surface area (Å²) in [5.41, 5.74) is 7.59. The third kappa shape index (κ3) is 3.38. The molecule has 2 aromatic rings. The Hall–Kier alpha value is -1.75. The molecule has 4 nitrogen and oxygen atoms in total. The number of fused-ring (bicyclic) bond motifs is 3. The molecule has 2 saturated heterocycles. The molecule has 1 unspecified atom stereocenters. The minimum atomic E-state index is -0.187. The average molecular weight is 418 g/mol. The molecule has 5 rings (SSSR count). The van der Waals surface area contributed by atoms with E-state index in [9.17, 15) is 4.79 Å². The SMILES string of the molecule is CN1CC2CCC1(C(NC(=O)c1cc(Cl)c(N)c(Cl)c1)c1ccccc1)CC2. The number of amides is 1. The molecule has 2 aliphatic heterocycles. The molecule has 6 heteroatoms. The van der Waals surface area contributed by atoms with Crippen molar-refractivity contribution in [3.63, 3.8) is 0 Å². The lowest BCUT2D eigenvalue weighted by molar-refractivity contribution is -0.0404. The topological polar surface area (TPSA) is 58.4 Å². The summed E-state index contributed by atoms with van der Waals surface area (Å²) < 4.78 is 0. The zero-order valence-corrected chi connectivity index (χ0v) is 17.4. The van der Waals surface area contributed by atoms with E-state index in [-0.39, 0.29) is 17.5 Å². The maximum Gasteiger partial charge on any atom is 0.251 e. The molecule has 3 N–H and O–H groups in total. The summed E-state index contributed by atoms with van der Waals surface area (Å²) in [5, 5.41) is 3.89. The molecule has 0 aromatic heterocycles. The zero-order chi connectivity index (χ0) is 19.9. The van der Waals surface area contributed by atoms with E-state index in [0.717, 1.165) is 30.9 Å². The van der Waals surface area contributed by atoms with Gasteiger partial charge in [0.05, 0.1) is 21.8 Å². The second-order valence-corrected chi connectivity index (χ2v) is 8.91. The Morgan fingerprint density at radius 3 is 2.36 bits per heavy atom. The van der Waals surface area contributed by atoms with E-state index in [2.05, 4.69) is 29.4 Å². The van der Waals surface area contributed by atoms with Crippen molar-refractivity contribution in [1.82, 2.24) is 10.2 Å². The average Bonchev–Trinajstić information content (AvgIpc) is 2.71. The Labute approximate surface area is 176 Å². The smallest absolute Gasteiger partial charge is 0.251 e. The van der Waals surface area contributed by atoms with Crippen molar-refractivity contribution in [2.45, 2.75) is 37.3 Å². The fourth-order valence-corrected chi connectivity index (χ4v) is 5.41. The van der Waals surface area contributed by atoms with Gasteiger partial charge in [-0.25, -0.2) is 0 Å². The lowest BCUT2D eigenvalue weighted by Gasteiger charge is -2.57. The van der Waals surface area contributed by atoms with Crippen LogP contribution in [0.5, 0.6) is 0 Å². The van der Waals surface area contributed by atoms with E-state index in [1.54, 1.807) is 12.1 Å². The van der Waals surface area contributed by atoms with Crippen molar-refractivity contribution in [3.05, 3.63) is 63.6 Å². The first-order valence-corrected chi connectivity index (χ1v) is 10.5. The highest BCUT2D eigenvalue weighted by atomic mass is 35.5. The molecule has 1 amide bonds. The molecule has 3 fully saturated rings. The summed E-state index contributed by atoms with van der Waals surface area (Å²) >= 11 is 12.3. The monoisotopic (exact) mass is 417 g/mol. The van der Waals surface area contributed by atoms with Gasteiger partial charge < -0.3 is 11.1 Å². The second kappa shape index (κ2) is 7.58. The number of anilines is 1. The van der Waals surface area contributed by atoms with Crippen LogP contribution in [0.4, 0.5) is 5.69 Å². The molecule has 1 saturated carbocycles. The third-order valence-corrected chi connectivity index (χ3v) is 7.18. The van der Waals surface area contributed by atoms with E-state index in [1.165, 1.54) is 12.8 Å². The van der Waals surface area contributed by atoms with Crippen LogP contribution in [-0.4, -0.2) is 29.9 Å². The van der Waals surface area contributed by atoms with Gasteiger partial charge in [0.1, 0.15) is 0 Å². The van der Waals surface area contributed by atoms with Gasteiger partial charge in [0.25, 0.3) is 5.91 Å². The molecule has 1 aliphatic carbocycles. The maximum atomic E-state index is 13.2. The van der Waals surface area contributed by atoms with Gasteiger partial charge in [0, 0.05) is 17.6 Å². The second-order valence-electron chi connectivity index (χ2n) is 8.10. The molecule has 28 heavy (non-hydrogen) atoms.